The lowest BCUT2D eigenvalue weighted by atomic mass is 10.2. The standard InChI is InChI=1S/C5H7F3N2/c6-5(7,8)4-1-2-9-3-10-4/h3-4H,1-2H2,(H,9,10)/t4-/m0/s1. The SMILES string of the molecule is FC(F)(F)[C@@H]1CCN=CN1. The fraction of sp³-hybridized carbons (Fsp3) is 0.800. The Balaban J connectivity index is 2.49. The molecule has 1 heterocycles. The maximum atomic E-state index is 11.8. The van der Waals surface area contributed by atoms with E-state index in [0.717, 1.165) is 6.34 Å². The lowest BCUT2D eigenvalue weighted by Gasteiger charge is -2.21. The molecule has 10 heavy (non-hydrogen) atoms. The average Bonchev–Trinajstić information content (AvgIpc) is 1.88. The van der Waals surface area contributed by atoms with Crippen LogP contribution in [0.15, 0.2) is 4.99 Å². The first-order chi connectivity index (χ1) is 4.61. The molecule has 2 nitrogen and oxygen atoms in total. The average molecular weight is 152 g/mol. The molecule has 0 amide bonds. The second-order valence-corrected chi connectivity index (χ2v) is 2.08. The summed E-state index contributed by atoms with van der Waals surface area (Å²) >= 11 is 0. The summed E-state index contributed by atoms with van der Waals surface area (Å²) in [5.74, 6) is 0. The second-order valence-electron chi connectivity index (χ2n) is 2.08. The van der Waals surface area contributed by atoms with Crippen molar-refractivity contribution in [3.63, 3.8) is 0 Å². The summed E-state index contributed by atoms with van der Waals surface area (Å²) in [6.07, 6.45) is -2.98. The molecule has 0 fully saturated rings. The number of halogens is 3. The Kier molecular flexibility index (Phi) is 1.82. The van der Waals surface area contributed by atoms with E-state index in [4.69, 9.17) is 0 Å². The van der Waals surface area contributed by atoms with Gasteiger partial charge < -0.3 is 5.32 Å². The van der Waals surface area contributed by atoms with Gasteiger partial charge in [0.05, 0.1) is 6.34 Å². The van der Waals surface area contributed by atoms with Gasteiger partial charge in [-0.15, -0.1) is 0 Å². The number of hydrogen-bond acceptors (Lipinski definition) is 2. The third kappa shape index (κ3) is 1.62. The van der Waals surface area contributed by atoms with Crippen molar-refractivity contribution >= 4 is 6.34 Å². The molecule has 0 radical (unpaired) electrons. The van der Waals surface area contributed by atoms with Crippen LogP contribution in [0.2, 0.25) is 0 Å². The minimum absolute atomic E-state index is 0.0417. The van der Waals surface area contributed by atoms with Crippen molar-refractivity contribution in [2.75, 3.05) is 6.54 Å². The molecular formula is C5H7F3N2. The maximum Gasteiger partial charge on any atom is 0.408 e. The molecule has 1 aliphatic rings. The summed E-state index contributed by atoms with van der Waals surface area (Å²) < 4.78 is 35.5. The smallest absolute Gasteiger partial charge is 0.365 e. The van der Waals surface area contributed by atoms with Gasteiger partial charge in [0.2, 0.25) is 0 Å². The van der Waals surface area contributed by atoms with Crippen LogP contribution in [-0.4, -0.2) is 25.1 Å². The summed E-state index contributed by atoms with van der Waals surface area (Å²) in [6.45, 7) is 0.261. The molecule has 1 rings (SSSR count). The van der Waals surface area contributed by atoms with E-state index in [2.05, 4.69) is 10.3 Å². The number of alkyl halides is 3. The number of hydrogen-bond donors (Lipinski definition) is 1. The largest absolute Gasteiger partial charge is 0.408 e. The Labute approximate surface area is 56.1 Å². The highest BCUT2D eigenvalue weighted by Crippen LogP contribution is 2.22. The van der Waals surface area contributed by atoms with Crippen molar-refractivity contribution in [3.05, 3.63) is 0 Å². The predicted molar refractivity (Wildman–Crippen MR) is 31.0 cm³/mol. The maximum absolute atomic E-state index is 11.8. The molecule has 0 bridgehead atoms. The van der Waals surface area contributed by atoms with Crippen LogP contribution in [-0.2, 0) is 0 Å². The third-order valence-corrected chi connectivity index (χ3v) is 1.31. The summed E-state index contributed by atoms with van der Waals surface area (Å²) in [5, 5.41) is 2.14. The van der Waals surface area contributed by atoms with E-state index in [1.807, 2.05) is 0 Å². The summed E-state index contributed by atoms with van der Waals surface area (Å²) in [5.41, 5.74) is 0. The summed E-state index contributed by atoms with van der Waals surface area (Å²) in [6, 6.07) is -1.40. The van der Waals surface area contributed by atoms with Gasteiger partial charge in [-0.3, -0.25) is 4.99 Å². The molecule has 0 saturated carbocycles. The van der Waals surface area contributed by atoms with E-state index in [1.54, 1.807) is 0 Å². The third-order valence-electron chi connectivity index (χ3n) is 1.31. The minimum Gasteiger partial charge on any atom is -0.365 e. The van der Waals surface area contributed by atoms with Gasteiger partial charge in [-0.25, -0.2) is 0 Å². The second kappa shape index (κ2) is 2.48. The van der Waals surface area contributed by atoms with Crippen molar-refractivity contribution in [2.45, 2.75) is 18.6 Å². The Morgan fingerprint density at radius 2 is 2.20 bits per heavy atom. The highest BCUT2D eigenvalue weighted by molar-refractivity contribution is 5.55. The van der Waals surface area contributed by atoms with E-state index in [0.29, 0.717) is 0 Å². The molecular weight excluding hydrogens is 145 g/mol. The molecule has 0 aromatic rings. The van der Waals surface area contributed by atoms with E-state index in [-0.39, 0.29) is 13.0 Å². The quantitative estimate of drug-likeness (QED) is 0.548. The normalized spacial score (nSPS) is 26.1. The van der Waals surface area contributed by atoms with Crippen LogP contribution in [0.4, 0.5) is 13.2 Å². The number of aliphatic imine (C=N–C) groups is 1. The van der Waals surface area contributed by atoms with Crippen LogP contribution in [0.25, 0.3) is 0 Å². The zero-order chi connectivity index (χ0) is 7.61. The Morgan fingerprint density at radius 3 is 2.50 bits per heavy atom. The van der Waals surface area contributed by atoms with Crippen LogP contribution in [0.5, 0.6) is 0 Å². The van der Waals surface area contributed by atoms with Crippen molar-refractivity contribution in [1.29, 1.82) is 0 Å². The molecule has 0 spiro atoms. The zero-order valence-corrected chi connectivity index (χ0v) is 5.15. The first-order valence-electron chi connectivity index (χ1n) is 2.92. The van der Waals surface area contributed by atoms with Gasteiger partial charge in [-0.2, -0.15) is 13.2 Å². The molecule has 58 valence electrons. The van der Waals surface area contributed by atoms with Gasteiger partial charge in [-0.1, -0.05) is 0 Å². The highest BCUT2D eigenvalue weighted by atomic mass is 19.4. The Hall–Kier alpha value is -0.740. The van der Waals surface area contributed by atoms with Crippen molar-refractivity contribution in [2.24, 2.45) is 4.99 Å². The molecule has 1 N–H and O–H groups in total. The number of rotatable bonds is 0. The fourth-order valence-corrected chi connectivity index (χ4v) is 0.752. The topological polar surface area (TPSA) is 24.4 Å². The van der Waals surface area contributed by atoms with E-state index < -0.39 is 12.2 Å². The van der Waals surface area contributed by atoms with Gasteiger partial charge in [-0.05, 0) is 6.42 Å². The fourth-order valence-electron chi connectivity index (χ4n) is 0.752. The highest BCUT2D eigenvalue weighted by Gasteiger charge is 2.39. The molecule has 0 aromatic carbocycles. The molecule has 1 atom stereocenters. The van der Waals surface area contributed by atoms with Crippen LogP contribution < -0.4 is 5.32 Å². The first kappa shape index (κ1) is 7.37. The zero-order valence-electron chi connectivity index (χ0n) is 5.15. The summed E-state index contributed by atoms with van der Waals surface area (Å²) in [7, 11) is 0. The first-order valence-corrected chi connectivity index (χ1v) is 2.92. The van der Waals surface area contributed by atoms with Crippen LogP contribution in [0.1, 0.15) is 6.42 Å². The molecule has 0 aromatic heterocycles. The number of nitrogens with one attached hydrogen (secondary N) is 1. The minimum atomic E-state index is -4.13. The molecule has 0 saturated heterocycles. The lowest BCUT2D eigenvalue weighted by Crippen LogP contribution is -2.44. The van der Waals surface area contributed by atoms with E-state index >= 15 is 0 Å². The Bertz CT molecular complexity index is 140. The van der Waals surface area contributed by atoms with Crippen LogP contribution in [0.3, 0.4) is 0 Å². The van der Waals surface area contributed by atoms with Gasteiger partial charge in [0.1, 0.15) is 6.04 Å². The van der Waals surface area contributed by atoms with Crippen molar-refractivity contribution < 1.29 is 13.2 Å². The predicted octanol–water partition coefficient (Wildman–Crippen LogP) is 0.939. The lowest BCUT2D eigenvalue weighted by molar-refractivity contribution is -0.153. The van der Waals surface area contributed by atoms with Crippen LogP contribution >= 0.6 is 0 Å². The Morgan fingerprint density at radius 1 is 1.50 bits per heavy atom. The molecule has 5 heteroatoms. The van der Waals surface area contributed by atoms with Gasteiger partial charge in [0, 0.05) is 6.54 Å². The summed E-state index contributed by atoms with van der Waals surface area (Å²) in [4.78, 5) is 3.60. The van der Waals surface area contributed by atoms with Gasteiger partial charge >= 0.3 is 6.18 Å². The molecule has 1 aliphatic heterocycles. The van der Waals surface area contributed by atoms with Crippen molar-refractivity contribution in [1.82, 2.24) is 5.32 Å². The molecule has 0 aliphatic carbocycles. The monoisotopic (exact) mass is 152 g/mol. The van der Waals surface area contributed by atoms with E-state index in [9.17, 15) is 13.2 Å². The van der Waals surface area contributed by atoms with E-state index in [1.165, 1.54) is 0 Å². The van der Waals surface area contributed by atoms with Gasteiger partial charge in [0.15, 0.2) is 0 Å². The number of nitrogens with zero attached hydrogens (tertiary/aromatic N) is 1. The molecule has 0 unspecified atom stereocenters. The van der Waals surface area contributed by atoms with Crippen LogP contribution in [0, 0.1) is 0 Å². The van der Waals surface area contributed by atoms with Crippen molar-refractivity contribution in [3.8, 4) is 0 Å². The van der Waals surface area contributed by atoms with Gasteiger partial charge in [0.25, 0.3) is 0 Å².